The Morgan fingerprint density at radius 1 is 1.00 bits per heavy atom. The molecule has 166 valence electrons. The Bertz CT molecular complexity index is 1170. The lowest BCUT2D eigenvalue weighted by atomic mass is 10.1. The number of carbonyl (C=O) groups excluding carboxylic acids is 1. The molecule has 32 heavy (non-hydrogen) atoms. The molecule has 5 rings (SSSR count). The maximum Gasteiger partial charge on any atom is 0.274 e. The quantitative estimate of drug-likeness (QED) is 0.589. The van der Waals surface area contributed by atoms with Crippen LogP contribution >= 0.6 is 11.6 Å². The third kappa shape index (κ3) is 4.02. The first-order valence-electron chi connectivity index (χ1n) is 10.8. The van der Waals surface area contributed by atoms with E-state index >= 15 is 0 Å². The molecular formula is C24H23ClF2N4O. The molecular weight excluding hydrogens is 434 g/mol. The summed E-state index contributed by atoms with van der Waals surface area (Å²) in [5.41, 5.74) is 3.87. The van der Waals surface area contributed by atoms with E-state index in [-0.39, 0.29) is 5.91 Å². The summed E-state index contributed by atoms with van der Waals surface area (Å²) in [6, 6.07) is 11.5. The van der Waals surface area contributed by atoms with Crippen molar-refractivity contribution in [2.75, 3.05) is 26.2 Å². The zero-order chi connectivity index (χ0) is 22.2. The van der Waals surface area contributed by atoms with Gasteiger partial charge in [-0.1, -0.05) is 23.7 Å². The van der Waals surface area contributed by atoms with Crippen molar-refractivity contribution < 1.29 is 13.6 Å². The van der Waals surface area contributed by atoms with Gasteiger partial charge in [-0.15, -0.1) is 0 Å². The molecule has 2 heterocycles. The second-order valence-corrected chi connectivity index (χ2v) is 8.77. The standard InChI is InChI=1S/C24H23ClF2N4O/c25-17-4-1-3-16(13-17)15-29-9-11-30(12-10-29)24(32)23-19-5-2-6-22(19)31(28-23)18-7-8-20(26)21(27)14-18/h1,3-4,7-8,13-14H,2,5-6,9-12,15H2. The number of carbonyl (C=O) groups is 1. The molecule has 0 bridgehead atoms. The first-order valence-corrected chi connectivity index (χ1v) is 11.2. The minimum absolute atomic E-state index is 0.0908. The summed E-state index contributed by atoms with van der Waals surface area (Å²) in [5.74, 6) is -1.91. The average molecular weight is 457 g/mol. The van der Waals surface area contributed by atoms with Crippen LogP contribution in [0.15, 0.2) is 42.5 Å². The van der Waals surface area contributed by atoms with Gasteiger partial charge in [0.15, 0.2) is 17.3 Å². The largest absolute Gasteiger partial charge is 0.335 e. The number of benzene rings is 2. The highest BCUT2D eigenvalue weighted by atomic mass is 35.5. The number of hydrogen-bond acceptors (Lipinski definition) is 3. The van der Waals surface area contributed by atoms with Crippen LogP contribution in [0.5, 0.6) is 0 Å². The molecule has 1 aromatic heterocycles. The molecule has 0 saturated carbocycles. The predicted octanol–water partition coefficient (Wildman–Crippen LogP) is 4.25. The van der Waals surface area contributed by atoms with E-state index in [2.05, 4.69) is 16.1 Å². The summed E-state index contributed by atoms with van der Waals surface area (Å²) in [5, 5.41) is 5.28. The average Bonchev–Trinajstić information content (AvgIpc) is 3.39. The maximum atomic E-state index is 13.8. The lowest BCUT2D eigenvalue weighted by Crippen LogP contribution is -2.48. The van der Waals surface area contributed by atoms with Crippen molar-refractivity contribution in [3.63, 3.8) is 0 Å². The van der Waals surface area contributed by atoms with E-state index in [0.717, 1.165) is 72.9 Å². The number of fused-ring (bicyclic) bond motifs is 1. The lowest BCUT2D eigenvalue weighted by Gasteiger charge is -2.34. The molecule has 2 aromatic carbocycles. The summed E-state index contributed by atoms with van der Waals surface area (Å²) in [6.45, 7) is 3.57. The Morgan fingerprint density at radius 2 is 1.81 bits per heavy atom. The summed E-state index contributed by atoms with van der Waals surface area (Å²) in [4.78, 5) is 17.5. The zero-order valence-corrected chi connectivity index (χ0v) is 18.3. The molecule has 1 amide bonds. The van der Waals surface area contributed by atoms with Crippen molar-refractivity contribution in [3.05, 3.63) is 81.6 Å². The fourth-order valence-corrected chi connectivity index (χ4v) is 4.80. The molecule has 0 radical (unpaired) electrons. The zero-order valence-electron chi connectivity index (χ0n) is 17.5. The Hall–Kier alpha value is -2.77. The topological polar surface area (TPSA) is 41.4 Å². The van der Waals surface area contributed by atoms with Gasteiger partial charge < -0.3 is 4.90 Å². The van der Waals surface area contributed by atoms with Crippen molar-refractivity contribution in [1.82, 2.24) is 19.6 Å². The van der Waals surface area contributed by atoms with Crippen LogP contribution in [0.2, 0.25) is 5.02 Å². The highest BCUT2D eigenvalue weighted by Gasteiger charge is 2.31. The molecule has 1 saturated heterocycles. The Kier molecular flexibility index (Phi) is 5.69. The number of halogens is 3. The molecule has 1 fully saturated rings. The molecule has 8 heteroatoms. The van der Waals surface area contributed by atoms with Crippen molar-refractivity contribution >= 4 is 17.5 Å². The van der Waals surface area contributed by atoms with E-state index in [9.17, 15) is 13.6 Å². The van der Waals surface area contributed by atoms with Crippen molar-refractivity contribution in [2.24, 2.45) is 0 Å². The molecule has 5 nitrogen and oxygen atoms in total. The minimum Gasteiger partial charge on any atom is -0.335 e. The molecule has 3 aromatic rings. The van der Waals surface area contributed by atoms with E-state index in [1.165, 1.54) is 6.07 Å². The van der Waals surface area contributed by atoms with Gasteiger partial charge in [0.05, 0.1) is 5.69 Å². The van der Waals surface area contributed by atoms with Crippen LogP contribution in [-0.4, -0.2) is 51.7 Å². The molecule has 2 aliphatic rings. The van der Waals surface area contributed by atoms with Crippen LogP contribution in [0.25, 0.3) is 5.69 Å². The van der Waals surface area contributed by atoms with Gasteiger partial charge in [0.1, 0.15) is 0 Å². The van der Waals surface area contributed by atoms with Crippen LogP contribution in [0.1, 0.15) is 33.7 Å². The van der Waals surface area contributed by atoms with Crippen LogP contribution in [-0.2, 0) is 19.4 Å². The number of hydrogen-bond donors (Lipinski definition) is 0. The number of nitrogens with zero attached hydrogens (tertiary/aromatic N) is 4. The first-order chi connectivity index (χ1) is 15.5. The first kappa shape index (κ1) is 21.1. The van der Waals surface area contributed by atoms with Crippen molar-refractivity contribution in [1.29, 1.82) is 0 Å². The normalized spacial score (nSPS) is 16.4. The summed E-state index contributed by atoms with van der Waals surface area (Å²) in [6.07, 6.45) is 2.46. The highest BCUT2D eigenvalue weighted by Crippen LogP contribution is 2.29. The SMILES string of the molecule is O=C(c1nn(-c2ccc(F)c(F)c2)c2c1CCC2)N1CCN(Cc2cccc(Cl)c2)CC1. The highest BCUT2D eigenvalue weighted by molar-refractivity contribution is 6.30. The van der Waals surface area contributed by atoms with Gasteiger partial charge in [0.2, 0.25) is 0 Å². The van der Waals surface area contributed by atoms with E-state index in [1.807, 2.05) is 23.1 Å². The summed E-state index contributed by atoms with van der Waals surface area (Å²) in [7, 11) is 0. The van der Waals surface area contributed by atoms with Gasteiger partial charge >= 0.3 is 0 Å². The molecule has 0 N–H and O–H groups in total. The van der Waals surface area contributed by atoms with Gasteiger partial charge in [0.25, 0.3) is 5.91 Å². The fourth-order valence-electron chi connectivity index (χ4n) is 4.59. The Morgan fingerprint density at radius 3 is 2.56 bits per heavy atom. The smallest absolute Gasteiger partial charge is 0.274 e. The monoisotopic (exact) mass is 456 g/mol. The van der Waals surface area contributed by atoms with Crippen LogP contribution < -0.4 is 0 Å². The number of piperazine rings is 1. The lowest BCUT2D eigenvalue weighted by molar-refractivity contribution is 0.0621. The van der Waals surface area contributed by atoms with Gasteiger partial charge in [-0.05, 0) is 49.1 Å². The van der Waals surface area contributed by atoms with Crippen LogP contribution in [0, 0.1) is 11.6 Å². The molecule has 0 unspecified atom stereocenters. The maximum absolute atomic E-state index is 13.8. The van der Waals surface area contributed by atoms with Crippen LogP contribution in [0.3, 0.4) is 0 Å². The molecule has 0 spiro atoms. The number of rotatable bonds is 4. The third-order valence-corrected chi connectivity index (χ3v) is 6.47. The number of aromatic nitrogens is 2. The van der Waals surface area contributed by atoms with Crippen molar-refractivity contribution in [3.8, 4) is 5.69 Å². The van der Waals surface area contributed by atoms with E-state index in [1.54, 1.807) is 4.68 Å². The predicted molar refractivity (Wildman–Crippen MR) is 118 cm³/mol. The fraction of sp³-hybridized carbons (Fsp3) is 0.333. The van der Waals surface area contributed by atoms with Gasteiger partial charge in [0, 0.05) is 55.1 Å². The Balaban J connectivity index is 1.31. The summed E-state index contributed by atoms with van der Waals surface area (Å²) >= 11 is 6.08. The second-order valence-electron chi connectivity index (χ2n) is 8.34. The third-order valence-electron chi connectivity index (χ3n) is 6.24. The molecule has 1 aliphatic heterocycles. The number of amides is 1. The van der Waals surface area contributed by atoms with Gasteiger partial charge in [-0.3, -0.25) is 9.69 Å². The van der Waals surface area contributed by atoms with Gasteiger partial charge in [-0.2, -0.15) is 5.10 Å². The van der Waals surface area contributed by atoms with E-state index in [0.29, 0.717) is 24.5 Å². The van der Waals surface area contributed by atoms with E-state index in [4.69, 9.17) is 11.6 Å². The Labute approximate surface area is 190 Å². The van der Waals surface area contributed by atoms with E-state index < -0.39 is 11.6 Å². The van der Waals surface area contributed by atoms with Gasteiger partial charge in [-0.25, -0.2) is 13.5 Å². The van der Waals surface area contributed by atoms with Crippen molar-refractivity contribution in [2.45, 2.75) is 25.8 Å². The summed E-state index contributed by atoms with van der Waals surface area (Å²) < 4.78 is 28.8. The van der Waals surface area contributed by atoms with Crippen LogP contribution in [0.4, 0.5) is 8.78 Å². The minimum atomic E-state index is -0.923. The molecule has 1 aliphatic carbocycles. The molecule has 0 atom stereocenters. The second kappa shape index (κ2) is 8.64.